The van der Waals surface area contributed by atoms with Crippen molar-refractivity contribution in [2.75, 3.05) is 0 Å². The van der Waals surface area contributed by atoms with E-state index in [1.165, 1.54) is 43.5 Å². The molecule has 258 valence electrons. The Morgan fingerprint density at radius 3 is 1.95 bits per heavy atom. The highest BCUT2D eigenvalue weighted by atomic mass is 16.3. The second-order valence-corrected chi connectivity index (χ2v) is 14.9. The van der Waals surface area contributed by atoms with Crippen LogP contribution in [0.15, 0.2) is 167 Å². The fourth-order valence-corrected chi connectivity index (χ4v) is 9.79. The molecule has 0 saturated heterocycles. The van der Waals surface area contributed by atoms with Crippen LogP contribution in [0.4, 0.5) is 0 Å². The summed E-state index contributed by atoms with van der Waals surface area (Å²) in [5.74, 6) is 0.574. The van der Waals surface area contributed by atoms with Crippen LogP contribution in [0.3, 0.4) is 0 Å². The molecule has 0 unspecified atom stereocenters. The van der Waals surface area contributed by atoms with Crippen LogP contribution in [0.1, 0.15) is 0 Å². The van der Waals surface area contributed by atoms with Crippen LogP contribution in [0.25, 0.3) is 132 Å². The zero-order chi connectivity index (χ0) is 36.2. The van der Waals surface area contributed by atoms with Gasteiger partial charge in [0.2, 0.25) is 5.95 Å². The van der Waals surface area contributed by atoms with Crippen molar-refractivity contribution in [3.63, 3.8) is 0 Å². The Kier molecular flexibility index (Phi) is 5.18. The van der Waals surface area contributed by atoms with E-state index in [4.69, 9.17) is 18.8 Å². The molecule has 0 bridgehead atoms. The highest BCUT2D eigenvalue weighted by molar-refractivity contribution is 6.34. The first-order valence-corrected chi connectivity index (χ1v) is 18.9. The number of furan rings is 2. The molecule has 14 aromatic rings. The molecule has 0 aliphatic carbocycles. The average Bonchev–Trinajstić information content (AvgIpc) is 4.06. The van der Waals surface area contributed by atoms with E-state index in [1.807, 2.05) is 36.4 Å². The van der Waals surface area contributed by atoms with Gasteiger partial charge < -0.3 is 13.2 Å². The maximum atomic E-state index is 6.65. The van der Waals surface area contributed by atoms with Gasteiger partial charge in [-0.05, 0) is 47.9 Å². The van der Waals surface area contributed by atoms with Gasteiger partial charge in [-0.1, -0.05) is 115 Å². The summed E-state index contributed by atoms with van der Waals surface area (Å²) in [5.41, 5.74) is 11.1. The normalized spacial score (nSPS) is 12.6. The minimum absolute atomic E-state index is 0.574. The van der Waals surface area contributed by atoms with Crippen molar-refractivity contribution < 1.29 is 8.83 Å². The molecule has 6 heterocycles. The number of fused-ring (bicyclic) bond motifs is 18. The van der Waals surface area contributed by atoms with Crippen LogP contribution < -0.4 is 0 Å². The number of rotatable bonds is 2. The maximum absolute atomic E-state index is 6.65. The van der Waals surface area contributed by atoms with Crippen molar-refractivity contribution in [2.45, 2.75) is 0 Å². The molecule has 6 nitrogen and oxygen atoms in total. The van der Waals surface area contributed by atoms with Gasteiger partial charge in [0.1, 0.15) is 28.0 Å². The summed E-state index contributed by atoms with van der Waals surface area (Å²) in [6, 6.07) is 55.7. The summed E-state index contributed by atoms with van der Waals surface area (Å²) in [6.45, 7) is 0. The van der Waals surface area contributed by atoms with E-state index in [0.29, 0.717) is 17.2 Å². The lowest BCUT2D eigenvalue weighted by Gasteiger charge is -2.11. The van der Waals surface area contributed by atoms with Crippen LogP contribution in [0, 0.1) is 0 Å². The predicted octanol–water partition coefficient (Wildman–Crippen LogP) is 13.3. The summed E-state index contributed by atoms with van der Waals surface area (Å²) in [7, 11) is 0. The van der Waals surface area contributed by atoms with Gasteiger partial charge in [-0.3, -0.25) is 4.57 Å². The van der Waals surface area contributed by atoms with E-state index in [9.17, 15) is 0 Å². The zero-order valence-corrected chi connectivity index (χ0v) is 29.6. The van der Waals surface area contributed by atoms with Crippen molar-refractivity contribution in [3.8, 4) is 17.2 Å². The Hall–Kier alpha value is -7.70. The Bertz CT molecular complexity index is 4010. The van der Waals surface area contributed by atoms with Crippen LogP contribution >= 0.6 is 0 Å². The van der Waals surface area contributed by atoms with Gasteiger partial charge >= 0.3 is 0 Å². The summed E-state index contributed by atoms with van der Waals surface area (Å²) in [5, 5.41) is 12.7. The number of aromatic nitrogens is 4. The Morgan fingerprint density at radius 2 is 1.04 bits per heavy atom. The van der Waals surface area contributed by atoms with E-state index in [0.717, 1.165) is 71.2 Å². The third kappa shape index (κ3) is 3.44. The third-order valence-electron chi connectivity index (χ3n) is 12.1. The lowest BCUT2D eigenvalue weighted by atomic mass is 10.0. The SMILES string of the molecule is c1ccc2c(c1)ccc1c3c4c5cccc6c7ccccc7n(c4ccc3n(-c3nc(-c4cccc7c4oc4ccccc47)c4oc7ccccc7c4n3)c21)c65. The summed E-state index contributed by atoms with van der Waals surface area (Å²) in [4.78, 5) is 11.0. The Labute approximate surface area is 316 Å². The van der Waals surface area contributed by atoms with Crippen molar-refractivity contribution in [3.05, 3.63) is 158 Å². The molecule has 0 N–H and O–H groups in total. The van der Waals surface area contributed by atoms with E-state index in [-0.39, 0.29) is 0 Å². The second-order valence-electron chi connectivity index (χ2n) is 14.9. The molecule has 14 rings (SSSR count). The largest absolute Gasteiger partial charge is 0.455 e. The molecule has 6 aromatic heterocycles. The number of benzene rings is 8. The highest BCUT2D eigenvalue weighted by Crippen LogP contribution is 2.47. The summed E-state index contributed by atoms with van der Waals surface area (Å²) < 4.78 is 18.0. The second kappa shape index (κ2) is 10.1. The first-order valence-electron chi connectivity index (χ1n) is 18.9. The van der Waals surface area contributed by atoms with Gasteiger partial charge in [0.15, 0.2) is 5.58 Å². The van der Waals surface area contributed by atoms with E-state index in [1.54, 1.807) is 0 Å². The zero-order valence-electron chi connectivity index (χ0n) is 29.6. The third-order valence-corrected chi connectivity index (χ3v) is 12.1. The highest BCUT2D eigenvalue weighted by Gasteiger charge is 2.27. The maximum Gasteiger partial charge on any atom is 0.236 e. The first-order chi connectivity index (χ1) is 27.8. The van der Waals surface area contributed by atoms with Gasteiger partial charge in [-0.2, -0.15) is 0 Å². The molecule has 0 radical (unpaired) electrons. The van der Waals surface area contributed by atoms with Crippen molar-refractivity contribution >= 4 is 115 Å². The molecule has 0 fully saturated rings. The number of nitrogens with zero attached hydrogens (tertiary/aromatic N) is 4. The molecule has 0 aliphatic heterocycles. The van der Waals surface area contributed by atoms with Crippen LogP contribution in [0.5, 0.6) is 0 Å². The van der Waals surface area contributed by atoms with E-state index in [2.05, 4.69) is 130 Å². The van der Waals surface area contributed by atoms with Gasteiger partial charge in [0.05, 0.1) is 27.6 Å². The smallest absolute Gasteiger partial charge is 0.236 e. The Morgan fingerprint density at radius 1 is 0.393 bits per heavy atom. The molecule has 0 aliphatic rings. The monoisotopic (exact) mass is 714 g/mol. The molecule has 0 atom stereocenters. The van der Waals surface area contributed by atoms with Gasteiger partial charge in [-0.15, -0.1) is 0 Å². The fourth-order valence-electron chi connectivity index (χ4n) is 9.79. The van der Waals surface area contributed by atoms with E-state index >= 15 is 0 Å². The fraction of sp³-hybridized carbons (Fsp3) is 0. The van der Waals surface area contributed by atoms with Gasteiger partial charge in [-0.25, -0.2) is 9.97 Å². The molecule has 0 spiro atoms. The Balaban J connectivity index is 1.19. The molecular formula is C50H26N4O2. The first kappa shape index (κ1) is 28.8. The molecule has 56 heavy (non-hydrogen) atoms. The lowest BCUT2D eigenvalue weighted by Crippen LogP contribution is -2.03. The standard InChI is InChI=1S/C50H26N4O2/c1-2-12-28-27(11-1)23-24-35-43-39(26-25-38-42(43)34-18-9-16-31-29-13-3-6-20-37(29)53(38)47(31)34)54(46(28)35)50-51-44-33-15-5-8-22-41(33)56-49(44)45(52-50)36-19-10-17-32-30-14-4-7-21-40(30)55-48(32)36/h1-26H. The number of para-hydroxylation sites is 5. The molecular weight excluding hydrogens is 689 g/mol. The van der Waals surface area contributed by atoms with Crippen molar-refractivity contribution in [2.24, 2.45) is 0 Å². The molecule has 0 amide bonds. The predicted molar refractivity (Wildman–Crippen MR) is 229 cm³/mol. The number of hydrogen-bond acceptors (Lipinski definition) is 4. The topological polar surface area (TPSA) is 61.4 Å². The average molecular weight is 715 g/mol. The van der Waals surface area contributed by atoms with Gasteiger partial charge in [0.25, 0.3) is 0 Å². The van der Waals surface area contributed by atoms with Gasteiger partial charge in [0, 0.05) is 59.4 Å². The van der Waals surface area contributed by atoms with Crippen LogP contribution in [-0.4, -0.2) is 18.9 Å². The minimum atomic E-state index is 0.574. The van der Waals surface area contributed by atoms with E-state index < -0.39 is 0 Å². The van der Waals surface area contributed by atoms with Crippen LogP contribution in [-0.2, 0) is 0 Å². The summed E-state index contributed by atoms with van der Waals surface area (Å²) in [6.07, 6.45) is 0. The van der Waals surface area contributed by atoms with Crippen molar-refractivity contribution in [1.29, 1.82) is 0 Å². The minimum Gasteiger partial charge on any atom is -0.455 e. The quantitative estimate of drug-likeness (QED) is 0.179. The lowest BCUT2D eigenvalue weighted by molar-refractivity contribution is 0.662. The summed E-state index contributed by atoms with van der Waals surface area (Å²) >= 11 is 0. The van der Waals surface area contributed by atoms with Crippen molar-refractivity contribution in [1.82, 2.24) is 18.9 Å². The number of hydrogen-bond donors (Lipinski definition) is 0. The molecule has 0 saturated carbocycles. The molecule has 8 aromatic carbocycles. The van der Waals surface area contributed by atoms with Crippen LogP contribution in [0.2, 0.25) is 0 Å². The molecule has 6 heteroatoms.